The first kappa shape index (κ1) is 19.9. The van der Waals surface area contributed by atoms with Crippen LogP contribution in [0.3, 0.4) is 0 Å². The summed E-state index contributed by atoms with van der Waals surface area (Å²) in [7, 11) is 1.57. The lowest BCUT2D eigenvalue weighted by molar-refractivity contribution is 0.0953. The number of rotatable bonds is 9. The highest BCUT2D eigenvalue weighted by atomic mass is 16.6. The molecule has 2 aromatic carbocycles. The number of hydrogen-bond donors (Lipinski definition) is 1. The summed E-state index contributed by atoms with van der Waals surface area (Å²) in [4.78, 5) is 12.5. The van der Waals surface area contributed by atoms with Crippen molar-refractivity contribution in [2.75, 3.05) is 33.5 Å². The van der Waals surface area contributed by atoms with Crippen molar-refractivity contribution in [2.45, 2.75) is 26.2 Å². The Kier molecular flexibility index (Phi) is 7.00. The minimum Gasteiger partial charge on any atom is -0.493 e. The van der Waals surface area contributed by atoms with Gasteiger partial charge in [0.05, 0.1) is 13.7 Å². The van der Waals surface area contributed by atoms with Crippen LogP contribution in [0, 0.1) is 0 Å². The van der Waals surface area contributed by atoms with E-state index in [9.17, 15) is 4.79 Å². The van der Waals surface area contributed by atoms with Crippen LogP contribution in [0.1, 0.15) is 35.7 Å². The number of carbonyl (C=O) groups is 1. The molecule has 3 rings (SSSR count). The van der Waals surface area contributed by atoms with E-state index in [0.717, 1.165) is 29.9 Å². The number of ether oxygens (including phenoxy) is 4. The molecule has 1 aliphatic rings. The number of benzene rings is 2. The maximum absolute atomic E-state index is 12.5. The highest BCUT2D eigenvalue weighted by molar-refractivity contribution is 5.94. The molecule has 0 aliphatic carbocycles. The van der Waals surface area contributed by atoms with Crippen molar-refractivity contribution in [3.63, 3.8) is 0 Å². The molecule has 0 spiro atoms. The van der Waals surface area contributed by atoms with Gasteiger partial charge in [0.2, 0.25) is 0 Å². The minimum atomic E-state index is -0.143. The maximum atomic E-state index is 12.5. The first-order valence-electron chi connectivity index (χ1n) is 9.69. The third-order valence-corrected chi connectivity index (χ3v) is 4.49. The number of unbranched alkanes of at least 4 members (excludes halogenated alkanes) is 1. The number of fused-ring (bicyclic) bond motifs is 1. The predicted octanol–water partition coefficient (Wildman–Crippen LogP) is 3.62. The third kappa shape index (κ3) is 5.09. The van der Waals surface area contributed by atoms with E-state index < -0.39 is 0 Å². The van der Waals surface area contributed by atoms with Gasteiger partial charge in [-0.3, -0.25) is 4.79 Å². The third-order valence-electron chi connectivity index (χ3n) is 4.49. The maximum Gasteiger partial charge on any atom is 0.251 e. The summed E-state index contributed by atoms with van der Waals surface area (Å²) >= 11 is 0. The van der Waals surface area contributed by atoms with Crippen LogP contribution in [0.4, 0.5) is 0 Å². The molecule has 0 saturated heterocycles. The first-order chi connectivity index (χ1) is 13.7. The van der Waals surface area contributed by atoms with Gasteiger partial charge in [0.1, 0.15) is 13.2 Å². The quantitative estimate of drug-likeness (QED) is 0.668. The van der Waals surface area contributed by atoms with Gasteiger partial charge in [-0.15, -0.1) is 0 Å². The second-order valence-electron chi connectivity index (χ2n) is 6.55. The van der Waals surface area contributed by atoms with Crippen molar-refractivity contribution >= 4 is 5.91 Å². The molecule has 1 heterocycles. The Morgan fingerprint density at radius 2 is 1.89 bits per heavy atom. The summed E-state index contributed by atoms with van der Waals surface area (Å²) in [6, 6.07) is 11.1. The van der Waals surface area contributed by atoms with Gasteiger partial charge < -0.3 is 24.3 Å². The second-order valence-corrected chi connectivity index (χ2v) is 6.55. The fraction of sp³-hybridized carbons (Fsp3) is 0.409. The average molecular weight is 385 g/mol. The van der Waals surface area contributed by atoms with E-state index in [1.165, 1.54) is 0 Å². The van der Waals surface area contributed by atoms with E-state index in [-0.39, 0.29) is 5.91 Å². The Bertz CT molecular complexity index is 806. The van der Waals surface area contributed by atoms with E-state index >= 15 is 0 Å². The Balaban J connectivity index is 1.54. The van der Waals surface area contributed by atoms with E-state index in [1.54, 1.807) is 25.3 Å². The van der Waals surface area contributed by atoms with Gasteiger partial charge in [-0.1, -0.05) is 19.4 Å². The highest BCUT2D eigenvalue weighted by Gasteiger charge is 2.13. The molecule has 0 atom stereocenters. The van der Waals surface area contributed by atoms with Crippen molar-refractivity contribution in [1.82, 2.24) is 5.32 Å². The zero-order valence-electron chi connectivity index (χ0n) is 16.5. The van der Waals surface area contributed by atoms with E-state index in [4.69, 9.17) is 18.9 Å². The molecular weight excluding hydrogens is 358 g/mol. The molecule has 0 unspecified atom stereocenters. The van der Waals surface area contributed by atoms with Crippen molar-refractivity contribution < 1.29 is 23.7 Å². The molecule has 6 nitrogen and oxygen atoms in total. The molecule has 1 N–H and O–H groups in total. The van der Waals surface area contributed by atoms with Crippen LogP contribution >= 0.6 is 0 Å². The standard InChI is InChI=1S/C22H27NO5/c1-3-4-11-26-18-8-6-17(15-20(18)25-2)22(24)23-10-9-16-5-7-19-21(14-16)28-13-12-27-19/h5-8,14-15H,3-4,9-13H2,1-2H3,(H,23,24). The van der Waals surface area contributed by atoms with Crippen molar-refractivity contribution in [1.29, 1.82) is 0 Å². The monoisotopic (exact) mass is 385 g/mol. The lowest BCUT2D eigenvalue weighted by Gasteiger charge is -2.18. The van der Waals surface area contributed by atoms with Crippen LogP contribution in [-0.2, 0) is 6.42 Å². The predicted molar refractivity (Wildman–Crippen MR) is 107 cm³/mol. The second kappa shape index (κ2) is 9.88. The Labute approximate surface area is 165 Å². The summed E-state index contributed by atoms with van der Waals surface area (Å²) < 4.78 is 22.2. The summed E-state index contributed by atoms with van der Waals surface area (Å²) in [5.74, 6) is 2.61. The Morgan fingerprint density at radius 3 is 2.68 bits per heavy atom. The van der Waals surface area contributed by atoms with Gasteiger partial charge in [0.25, 0.3) is 5.91 Å². The van der Waals surface area contributed by atoms with E-state index in [1.807, 2.05) is 18.2 Å². The van der Waals surface area contributed by atoms with E-state index in [0.29, 0.717) is 49.8 Å². The van der Waals surface area contributed by atoms with Crippen LogP contribution in [0.25, 0.3) is 0 Å². The number of carbonyl (C=O) groups excluding carboxylic acids is 1. The number of hydrogen-bond acceptors (Lipinski definition) is 5. The molecule has 0 bridgehead atoms. The van der Waals surface area contributed by atoms with Gasteiger partial charge in [-0.25, -0.2) is 0 Å². The SMILES string of the molecule is CCCCOc1ccc(C(=O)NCCc2ccc3c(c2)OCCO3)cc1OC. The van der Waals surface area contributed by atoms with Crippen LogP contribution in [0.5, 0.6) is 23.0 Å². The zero-order chi connectivity index (χ0) is 19.8. The molecule has 0 aromatic heterocycles. The van der Waals surface area contributed by atoms with Gasteiger partial charge in [0.15, 0.2) is 23.0 Å². The van der Waals surface area contributed by atoms with Crippen LogP contribution in [0.2, 0.25) is 0 Å². The van der Waals surface area contributed by atoms with Crippen molar-refractivity contribution in [2.24, 2.45) is 0 Å². The molecule has 1 amide bonds. The van der Waals surface area contributed by atoms with Crippen molar-refractivity contribution in [3.05, 3.63) is 47.5 Å². The lowest BCUT2D eigenvalue weighted by atomic mass is 10.1. The molecular formula is C22H27NO5. The first-order valence-corrected chi connectivity index (χ1v) is 9.69. The normalized spacial score (nSPS) is 12.4. The van der Waals surface area contributed by atoms with Crippen LogP contribution in [0.15, 0.2) is 36.4 Å². The summed E-state index contributed by atoms with van der Waals surface area (Å²) in [5.41, 5.74) is 1.63. The average Bonchev–Trinajstić information content (AvgIpc) is 2.74. The van der Waals surface area contributed by atoms with Crippen molar-refractivity contribution in [3.8, 4) is 23.0 Å². The topological polar surface area (TPSA) is 66.0 Å². The minimum absolute atomic E-state index is 0.143. The molecule has 0 saturated carbocycles. The Hall–Kier alpha value is -2.89. The summed E-state index contributed by atoms with van der Waals surface area (Å²) in [5, 5.41) is 2.94. The smallest absolute Gasteiger partial charge is 0.251 e. The van der Waals surface area contributed by atoms with Gasteiger partial charge >= 0.3 is 0 Å². The summed E-state index contributed by atoms with van der Waals surface area (Å²) in [6.07, 6.45) is 2.75. The number of amides is 1. The largest absolute Gasteiger partial charge is 0.493 e. The van der Waals surface area contributed by atoms with E-state index in [2.05, 4.69) is 12.2 Å². The molecule has 1 aliphatic heterocycles. The zero-order valence-corrected chi connectivity index (χ0v) is 16.5. The Morgan fingerprint density at radius 1 is 1.07 bits per heavy atom. The fourth-order valence-electron chi connectivity index (χ4n) is 2.92. The van der Waals surface area contributed by atoms with Gasteiger partial charge in [-0.2, -0.15) is 0 Å². The number of methoxy groups -OCH3 is 1. The highest BCUT2D eigenvalue weighted by Crippen LogP contribution is 2.31. The van der Waals surface area contributed by atoms with Gasteiger partial charge in [0, 0.05) is 12.1 Å². The van der Waals surface area contributed by atoms with Gasteiger partial charge in [-0.05, 0) is 48.7 Å². The molecule has 28 heavy (non-hydrogen) atoms. The molecule has 2 aromatic rings. The van der Waals surface area contributed by atoms with Crippen LogP contribution in [-0.4, -0.2) is 39.4 Å². The lowest BCUT2D eigenvalue weighted by Crippen LogP contribution is -2.25. The fourth-order valence-corrected chi connectivity index (χ4v) is 2.92. The molecule has 6 heteroatoms. The molecule has 0 radical (unpaired) electrons. The van der Waals surface area contributed by atoms with Crippen LogP contribution < -0.4 is 24.3 Å². The molecule has 150 valence electrons. The molecule has 0 fully saturated rings. The number of nitrogens with one attached hydrogen (secondary N) is 1. The summed E-state index contributed by atoms with van der Waals surface area (Å²) in [6.45, 7) is 4.41.